The highest BCUT2D eigenvalue weighted by Crippen LogP contribution is 2.33. The van der Waals surface area contributed by atoms with Crippen molar-refractivity contribution in [1.82, 2.24) is 30.1 Å². The van der Waals surface area contributed by atoms with E-state index in [2.05, 4.69) is 63.7 Å². The maximum Gasteiger partial charge on any atom is 0.253 e. The van der Waals surface area contributed by atoms with Crippen LogP contribution in [0.1, 0.15) is 62.3 Å². The van der Waals surface area contributed by atoms with Crippen molar-refractivity contribution in [3.05, 3.63) is 68.4 Å². The van der Waals surface area contributed by atoms with Gasteiger partial charge in [-0.2, -0.15) is 0 Å². The lowest BCUT2D eigenvalue weighted by Crippen LogP contribution is -2.41. The van der Waals surface area contributed by atoms with Crippen molar-refractivity contribution in [3.63, 3.8) is 0 Å². The Balaban J connectivity index is 1.70. The number of thiophene rings is 1. The molecule has 2 atom stereocenters. The molecule has 0 bridgehead atoms. The fraction of sp³-hybridized carbons (Fsp3) is 0.481. The van der Waals surface area contributed by atoms with E-state index in [4.69, 9.17) is 9.47 Å². The summed E-state index contributed by atoms with van der Waals surface area (Å²) in [5.74, 6) is 1.38. The molecule has 0 amide bonds. The number of hydrogen-bond acceptors (Lipinski definition) is 8. The predicted molar refractivity (Wildman–Crippen MR) is 144 cm³/mol. The lowest BCUT2D eigenvalue weighted by molar-refractivity contribution is 0.0566. The second kappa shape index (κ2) is 10.7. The van der Waals surface area contributed by atoms with Crippen LogP contribution in [0.2, 0.25) is 0 Å². The smallest absolute Gasteiger partial charge is 0.253 e. The Morgan fingerprint density at radius 1 is 1.32 bits per heavy atom. The highest BCUT2D eigenvalue weighted by Gasteiger charge is 2.36. The zero-order chi connectivity index (χ0) is 26.0. The summed E-state index contributed by atoms with van der Waals surface area (Å²) in [6, 6.07) is 11.3. The number of H-pyrrole nitrogens is 1. The highest BCUT2D eigenvalue weighted by molar-refractivity contribution is 7.09. The Morgan fingerprint density at radius 3 is 2.89 bits per heavy atom. The quantitative estimate of drug-likeness (QED) is 0.327. The number of pyridine rings is 1. The van der Waals surface area contributed by atoms with E-state index in [1.54, 1.807) is 18.4 Å². The Bertz CT molecular complexity index is 1390. The number of hydrogen-bond donors (Lipinski definition) is 1. The van der Waals surface area contributed by atoms with Crippen molar-refractivity contribution in [3.8, 4) is 5.75 Å². The lowest BCUT2D eigenvalue weighted by atomic mass is 9.98. The van der Waals surface area contributed by atoms with E-state index in [-0.39, 0.29) is 17.2 Å². The number of methoxy groups -OCH3 is 1. The average Bonchev–Trinajstić information content (AvgIpc) is 3.68. The van der Waals surface area contributed by atoms with Crippen molar-refractivity contribution < 1.29 is 9.47 Å². The van der Waals surface area contributed by atoms with Gasteiger partial charge in [0.15, 0.2) is 5.82 Å². The molecule has 10 heteroatoms. The first kappa shape index (κ1) is 25.6. The highest BCUT2D eigenvalue weighted by atomic mass is 32.1. The molecule has 0 saturated carbocycles. The van der Waals surface area contributed by atoms with E-state index in [0.717, 1.165) is 42.5 Å². The van der Waals surface area contributed by atoms with E-state index >= 15 is 0 Å². The summed E-state index contributed by atoms with van der Waals surface area (Å²) >= 11 is 1.70. The molecule has 1 N–H and O–H groups in total. The molecule has 37 heavy (non-hydrogen) atoms. The van der Waals surface area contributed by atoms with Crippen LogP contribution in [-0.2, 0) is 16.8 Å². The maximum atomic E-state index is 13.7. The second-order valence-corrected chi connectivity index (χ2v) is 11.2. The first-order chi connectivity index (χ1) is 17.9. The van der Waals surface area contributed by atoms with Crippen LogP contribution < -0.4 is 10.3 Å². The van der Waals surface area contributed by atoms with Gasteiger partial charge in [0, 0.05) is 41.0 Å². The normalized spacial score (nSPS) is 17.1. The van der Waals surface area contributed by atoms with Crippen LogP contribution in [0.3, 0.4) is 0 Å². The first-order valence-electron chi connectivity index (χ1n) is 12.8. The molecule has 0 spiro atoms. The summed E-state index contributed by atoms with van der Waals surface area (Å²) in [4.78, 5) is 20.3. The Morgan fingerprint density at radius 2 is 2.19 bits per heavy atom. The summed E-state index contributed by atoms with van der Waals surface area (Å²) in [5, 5.41) is 16.0. The molecule has 4 aromatic rings. The van der Waals surface area contributed by atoms with Gasteiger partial charge in [0.25, 0.3) is 5.56 Å². The van der Waals surface area contributed by atoms with Crippen LogP contribution >= 0.6 is 11.3 Å². The van der Waals surface area contributed by atoms with Crippen LogP contribution in [0.15, 0.2) is 46.6 Å². The van der Waals surface area contributed by atoms with Crippen molar-refractivity contribution in [2.75, 3.05) is 20.3 Å². The Labute approximate surface area is 220 Å². The Hall–Kier alpha value is -3.08. The minimum atomic E-state index is -0.480. The molecule has 1 fully saturated rings. The third-order valence-electron chi connectivity index (χ3n) is 7.32. The number of aromatic nitrogens is 5. The number of nitrogens with zero attached hydrogens (tertiary/aromatic N) is 5. The Kier molecular flexibility index (Phi) is 7.41. The zero-order valence-corrected chi connectivity index (χ0v) is 22.6. The van der Waals surface area contributed by atoms with Crippen LogP contribution in [0, 0.1) is 0 Å². The fourth-order valence-corrected chi connectivity index (χ4v) is 5.62. The minimum Gasteiger partial charge on any atom is -0.497 e. The summed E-state index contributed by atoms with van der Waals surface area (Å²) in [6.07, 6.45) is 2.95. The second-order valence-electron chi connectivity index (χ2n) is 10.2. The van der Waals surface area contributed by atoms with Gasteiger partial charge in [-0.15, -0.1) is 16.4 Å². The molecular weight excluding hydrogens is 488 g/mol. The minimum absolute atomic E-state index is 0.0885. The number of aromatic amines is 1. The molecule has 1 saturated heterocycles. The molecule has 1 aliphatic rings. The molecule has 5 rings (SSSR count). The number of nitrogens with one attached hydrogen (secondary N) is 1. The largest absolute Gasteiger partial charge is 0.497 e. The monoisotopic (exact) mass is 522 g/mol. The van der Waals surface area contributed by atoms with Gasteiger partial charge in [-0.3, -0.25) is 9.69 Å². The van der Waals surface area contributed by atoms with Gasteiger partial charge in [0.05, 0.1) is 18.8 Å². The van der Waals surface area contributed by atoms with Gasteiger partial charge in [-0.05, 0) is 79.2 Å². The average molecular weight is 523 g/mol. The van der Waals surface area contributed by atoms with Crippen LogP contribution in [0.4, 0.5) is 0 Å². The number of tetrazole rings is 1. The summed E-state index contributed by atoms with van der Waals surface area (Å²) in [7, 11) is 1.64. The van der Waals surface area contributed by atoms with Crippen molar-refractivity contribution in [1.29, 1.82) is 0 Å². The molecule has 0 radical (unpaired) electrons. The SMILES string of the molecule is CCC(C)(C)n1nnnc1[C@@H](c1cc2cc(OC)ccc2[nH]c1=O)N(Cc1cccs1)C[C@H]1CCCO1. The third-order valence-corrected chi connectivity index (χ3v) is 8.18. The molecule has 0 unspecified atom stereocenters. The fourth-order valence-electron chi connectivity index (χ4n) is 4.89. The predicted octanol–water partition coefficient (Wildman–Crippen LogP) is 4.50. The lowest BCUT2D eigenvalue weighted by Gasteiger charge is -2.34. The number of benzene rings is 1. The van der Waals surface area contributed by atoms with Gasteiger partial charge < -0.3 is 14.5 Å². The van der Waals surface area contributed by atoms with Gasteiger partial charge >= 0.3 is 0 Å². The topological polar surface area (TPSA) is 98.2 Å². The first-order valence-corrected chi connectivity index (χ1v) is 13.7. The molecule has 0 aliphatic carbocycles. The number of fused-ring (bicyclic) bond motifs is 1. The summed E-state index contributed by atoms with van der Waals surface area (Å²) < 4.78 is 13.4. The van der Waals surface area contributed by atoms with E-state index in [1.807, 2.05) is 28.9 Å². The molecule has 3 aromatic heterocycles. The van der Waals surface area contributed by atoms with Crippen molar-refractivity contribution >= 4 is 22.2 Å². The van der Waals surface area contributed by atoms with Gasteiger partial charge in [-0.1, -0.05) is 13.0 Å². The standard InChI is InChI=1S/C27H34N6O3S/c1-5-27(2,3)33-25(29-30-31-33)24(22-15-18-14-19(35-4)10-11-23(18)28-26(22)34)32(16-20-8-6-12-36-20)17-21-9-7-13-37-21/h7,9-11,13-15,20,24H,5-6,8,12,16-17H2,1-4H3,(H,28,34)/t20-,24-/m1/s1. The molecule has 1 aliphatic heterocycles. The van der Waals surface area contributed by atoms with E-state index in [9.17, 15) is 4.79 Å². The van der Waals surface area contributed by atoms with Crippen LogP contribution in [-0.4, -0.2) is 56.5 Å². The molecular formula is C27H34N6O3S. The summed E-state index contributed by atoms with van der Waals surface area (Å²) in [6.45, 7) is 8.42. The third kappa shape index (κ3) is 5.32. The van der Waals surface area contributed by atoms with E-state index in [1.165, 1.54) is 4.88 Å². The number of rotatable bonds is 10. The van der Waals surface area contributed by atoms with Gasteiger partial charge in [-0.25, -0.2) is 4.68 Å². The molecule has 1 aromatic carbocycles. The maximum absolute atomic E-state index is 13.7. The van der Waals surface area contributed by atoms with Gasteiger partial charge in [0.2, 0.25) is 0 Å². The summed E-state index contributed by atoms with van der Waals surface area (Å²) in [5.41, 5.74) is 0.863. The van der Waals surface area contributed by atoms with Crippen molar-refractivity contribution in [2.45, 2.75) is 64.3 Å². The van der Waals surface area contributed by atoms with E-state index in [0.29, 0.717) is 24.5 Å². The van der Waals surface area contributed by atoms with E-state index < -0.39 is 6.04 Å². The molecule has 4 heterocycles. The molecule has 9 nitrogen and oxygen atoms in total. The van der Waals surface area contributed by atoms with Crippen LogP contribution in [0.25, 0.3) is 10.9 Å². The van der Waals surface area contributed by atoms with Crippen LogP contribution in [0.5, 0.6) is 5.75 Å². The number of ether oxygens (including phenoxy) is 2. The van der Waals surface area contributed by atoms with Gasteiger partial charge in [0.1, 0.15) is 11.8 Å². The van der Waals surface area contributed by atoms with Crippen molar-refractivity contribution in [2.24, 2.45) is 0 Å². The molecule has 196 valence electrons. The zero-order valence-electron chi connectivity index (χ0n) is 21.8.